The van der Waals surface area contributed by atoms with Crippen LogP contribution in [-0.4, -0.2) is 26.5 Å². The second-order valence-corrected chi connectivity index (χ2v) is 6.36. The molecule has 1 aromatic rings. The minimum absolute atomic E-state index is 0.0313. The molecule has 0 saturated carbocycles. The second-order valence-electron chi connectivity index (χ2n) is 3.52. The average Bonchev–Trinajstić information content (AvgIpc) is 2.38. The Morgan fingerprint density at radius 2 is 2.21 bits per heavy atom. The number of nitrogen functional groups attached to an aromatic ring is 1. The highest BCUT2D eigenvalue weighted by atomic mass is 32.2. The number of nitrogens with zero attached hydrogens (tertiary/aromatic N) is 1. The topological polar surface area (TPSA) is 96.0 Å². The molecule has 1 aromatic carbocycles. The standard InChI is InChI=1S/C12H13N3O2S2/c1-2-6-18-7-5-15-19(16,17)12-4-3-11(14)8-10(12)9-13/h1,3-4,8,15H,5-7,14H2. The number of anilines is 1. The highest BCUT2D eigenvalue weighted by molar-refractivity contribution is 7.99. The van der Waals surface area contributed by atoms with E-state index >= 15 is 0 Å². The largest absolute Gasteiger partial charge is 0.399 e. The Balaban J connectivity index is 2.79. The fourth-order valence-electron chi connectivity index (χ4n) is 1.33. The van der Waals surface area contributed by atoms with Crippen molar-refractivity contribution in [2.45, 2.75) is 4.90 Å². The highest BCUT2D eigenvalue weighted by Crippen LogP contribution is 2.17. The monoisotopic (exact) mass is 295 g/mol. The quantitative estimate of drug-likeness (QED) is 0.459. The van der Waals surface area contributed by atoms with Gasteiger partial charge in [0.05, 0.1) is 16.2 Å². The Morgan fingerprint density at radius 3 is 2.84 bits per heavy atom. The van der Waals surface area contributed by atoms with Crippen LogP contribution in [-0.2, 0) is 10.0 Å². The Bertz CT molecular complexity index is 627. The number of nitrogens with two attached hydrogens (primary N) is 1. The summed E-state index contributed by atoms with van der Waals surface area (Å²) in [5, 5.41) is 8.92. The van der Waals surface area contributed by atoms with Gasteiger partial charge >= 0.3 is 0 Å². The van der Waals surface area contributed by atoms with Gasteiger partial charge in [0.2, 0.25) is 10.0 Å². The summed E-state index contributed by atoms with van der Waals surface area (Å²) in [7, 11) is -3.70. The molecule has 0 fully saturated rings. The predicted molar refractivity (Wildman–Crippen MR) is 76.9 cm³/mol. The van der Waals surface area contributed by atoms with Crippen LogP contribution in [0.4, 0.5) is 5.69 Å². The Kier molecular flexibility index (Phi) is 5.71. The van der Waals surface area contributed by atoms with Crippen LogP contribution in [0.2, 0.25) is 0 Å². The lowest BCUT2D eigenvalue weighted by atomic mass is 10.2. The van der Waals surface area contributed by atoms with E-state index in [1.807, 2.05) is 6.07 Å². The number of rotatable bonds is 6. The van der Waals surface area contributed by atoms with E-state index in [1.54, 1.807) is 0 Å². The summed E-state index contributed by atoms with van der Waals surface area (Å²) < 4.78 is 26.4. The van der Waals surface area contributed by atoms with Gasteiger partial charge in [-0.2, -0.15) is 5.26 Å². The van der Waals surface area contributed by atoms with Crippen LogP contribution in [0, 0.1) is 23.7 Å². The van der Waals surface area contributed by atoms with E-state index in [0.717, 1.165) is 0 Å². The molecule has 0 aliphatic rings. The van der Waals surface area contributed by atoms with Crippen molar-refractivity contribution in [3.63, 3.8) is 0 Å². The van der Waals surface area contributed by atoms with Crippen LogP contribution in [0.5, 0.6) is 0 Å². The van der Waals surface area contributed by atoms with Gasteiger partial charge in [-0.3, -0.25) is 0 Å². The molecule has 19 heavy (non-hydrogen) atoms. The molecule has 0 radical (unpaired) electrons. The van der Waals surface area contributed by atoms with Gasteiger partial charge in [0.25, 0.3) is 0 Å². The predicted octanol–water partition coefficient (Wildman–Crippen LogP) is 0.785. The van der Waals surface area contributed by atoms with E-state index in [4.69, 9.17) is 17.4 Å². The van der Waals surface area contributed by atoms with E-state index in [2.05, 4.69) is 10.6 Å². The number of nitriles is 1. The minimum Gasteiger partial charge on any atom is -0.399 e. The van der Waals surface area contributed by atoms with E-state index in [0.29, 0.717) is 17.2 Å². The maximum atomic E-state index is 12.0. The van der Waals surface area contributed by atoms with Crippen molar-refractivity contribution in [2.75, 3.05) is 23.8 Å². The molecule has 7 heteroatoms. The first-order valence-electron chi connectivity index (χ1n) is 5.32. The summed E-state index contributed by atoms with van der Waals surface area (Å²) in [6, 6.07) is 5.93. The maximum absolute atomic E-state index is 12.0. The Labute approximate surface area is 117 Å². The molecular weight excluding hydrogens is 282 g/mol. The van der Waals surface area contributed by atoms with Crippen LogP contribution in [0.1, 0.15) is 5.56 Å². The molecule has 0 heterocycles. The molecule has 0 spiro atoms. The summed E-state index contributed by atoms with van der Waals surface area (Å²) in [6.07, 6.45) is 5.08. The summed E-state index contributed by atoms with van der Waals surface area (Å²) in [4.78, 5) is -0.0638. The third kappa shape index (κ3) is 4.49. The van der Waals surface area contributed by atoms with Gasteiger partial charge in [-0.15, -0.1) is 18.2 Å². The molecule has 5 nitrogen and oxygen atoms in total. The molecule has 0 bridgehead atoms. The first-order chi connectivity index (χ1) is 9.01. The van der Waals surface area contributed by atoms with Gasteiger partial charge < -0.3 is 5.73 Å². The van der Waals surface area contributed by atoms with Crippen LogP contribution in [0.3, 0.4) is 0 Å². The normalized spacial score (nSPS) is 10.6. The summed E-state index contributed by atoms with van der Waals surface area (Å²) in [5.74, 6) is 3.55. The number of benzene rings is 1. The molecule has 0 amide bonds. The van der Waals surface area contributed by atoms with Gasteiger partial charge in [-0.25, -0.2) is 13.1 Å². The molecular formula is C12H13N3O2S2. The summed E-state index contributed by atoms with van der Waals surface area (Å²) in [5.41, 5.74) is 5.89. The van der Waals surface area contributed by atoms with E-state index < -0.39 is 10.0 Å². The minimum atomic E-state index is -3.70. The molecule has 0 saturated heterocycles. The molecule has 0 atom stereocenters. The Hall–Kier alpha value is -1.67. The van der Waals surface area contributed by atoms with Crippen LogP contribution in [0.15, 0.2) is 23.1 Å². The van der Waals surface area contributed by atoms with Crippen molar-refractivity contribution in [1.29, 1.82) is 5.26 Å². The first kappa shape index (κ1) is 15.4. The van der Waals surface area contributed by atoms with Crippen molar-refractivity contribution < 1.29 is 8.42 Å². The van der Waals surface area contributed by atoms with Crippen LogP contribution < -0.4 is 10.5 Å². The van der Waals surface area contributed by atoms with Crippen molar-refractivity contribution >= 4 is 27.5 Å². The van der Waals surface area contributed by atoms with E-state index in [1.165, 1.54) is 30.0 Å². The number of thioether (sulfide) groups is 1. The van der Waals surface area contributed by atoms with Gasteiger partial charge in [0, 0.05) is 18.0 Å². The molecule has 100 valence electrons. The van der Waals surface area contributed by atoms with Gasteiger partial charge in [0.15, 0.2) is 0 Å². The number of hydrogen-bond donors (Lipinski definition) is 2. The zero-order valence-electron chi connectivity index (χ0n) is 10.1. The third-order valence-corrected chi connectivity index (χ3v) is 4.52. The molecule has 0 aliphatic heterocycles. The Morgan fingerprint density at radius 1 is 1.47 bits per heavy atom. The van der Waals surface area contributed by atoms with E-state index in [9.17, 15) is 8.42 Å². The highest BCUT2D eigenvalue weighted by Gasteiger charge is 2.18. The van der Waals surface area contributed by atoms with Gasteiger partial charge in [-0.1, -0.05) is 5.92 Å². The zero-order chi connectivity index (χ0) is 14.3. The van der Waals surface area contributed by atoms with Crippen molar-refractivity contribution in [3.8, 4) is 18.4 Å². The van der Waals surface area contributed by atoms with Crippen molar-refractivity contribution in [2.24, 2.45) is 0 Å². The average molecular weight is 295 g/mol. The zero-order valence-corrected chi connectivity index (χ0v) is 11.7. The van der Waals surface area contributed by atoms with Gasteiger partial charge in [0.1, 0.15) is 6.07 Å². The number of hydrogen-bond acceptors (Lipinski definition) is 5. The summed E-state index contributed by atoms with van der Waals surface area (Å²) in [6.45, 7) is 0.254. The molecule has 1 rings (SSSR count). The van der Waals surface area contributed by atoms with Crippen LogP contribution in [0.25, 0.3) is 0 Å². The summed E-state index contributed by atoms with van der Waals surface area (Å²) >= 11 is 1.45. The second kappa shape index (κ2) is 7.05. The lowest BCUT2D eigenvalue weighted by molar-refractivity contribution is 0.584. The van der Waals surface area contributed by atoms with Crippen LogP contribution >= 0.6 is 11.8 Å². The maximum Gasteiger partial charge on any atom is 0.241 e. The lowest BCUT2D eigenvalue weighted by Gasteiger charge is -2.08. The first-order valence-corrected chi connectivity index (χ1v) is 7.95. The molecule has 0 aliphatic carbocycles. The van der Waals surface area contributed by atoms with E-state index in [-0.39, 0.29) is 17.0 Å². The SMILES string of the molecule is C#CCSCCNS(=O)(=O)c1ccc(N)cc1C#N. The van der Waals surface area contributed by atoms with Crippen molar-refractivity contribution in [1.82, 2.24) is 4.72 Å². The molecule has 3 N–H and O–H groups in total. The fourth-order valence-corrected chi connectivity index (χ4v) is 3.13. The third-order valence-electron chi connectivity index (χ3n) is 2.14. The van der Waals surface area contributed by atoms with Gasteiger partial charge in [-0.05, 0) is 18.2 Å². The van der Waals surface area contributed by atoms with Crippen molar-refractivity contribution in [3.05, 3.63) is 23.8 Å². The smallest absolute Gasteiger partial charge is 0.241 e. The fraction of sp³-hybridized carbons (Fsp3) is 0.250. The molecule has 0 unspecified atom stereocenters. The number of terminal acetylenes is 1. The number of nitrogens with one attached hydrogen (secondary N) is 1. The number of sulfonamides is 1. The molecule has 0 aromatic heterocycles. The lowest BCUT2D eigenvalue weighted by Crippen LogP contribution is -2.26.